The normalized spacial score (nSPS) is 32.9. The maximum absolute atomic E-state index is 11.7. The van der Waals surface area contributed by atoms with Gasteiger partial charge in [0.1, 0.15) is 0 Å². The van der Waals surface area contributed by atoms with Crippen LogP contribution in [0.4, 0.5) is 4.79 Å². The number of hydrogen-bond donors (Lipinski definition) is 1. The first-order valence-corrected chi connectivity index (χ1v) is 5.72. The molecule has 0 aromatic rings. The molecule has 2 fully saturated rings. The number of urea groups is 1. The molecule has 1 saturated carbocycles. The Morgan fingerprint density at radius 3 is 2.50 bits per heavy atom. The van der Waals surface area contributed by atoms with E-state index in [0.29, 0.717) is 12.0 Å². The van der Waals surface area contributed by atoms with E-state index >= 15 is 0 Å². The van der Waals surface area contributed by atoms with Gasteiger partial charge in [-0.15, -0.1) is 0 Å². The summed E-state index contributed by atoms with van der Waals surface area (Å²) in [5.41, 5.74) is 0. The first-order valence-electron chi connectivity index (χ1n) is 5.72. The summed E-state index contributed by atoms with van der Waals surface area (Å²) in [6.07, 6.45) is 3.50. The van der Waals surface area contributed by atoms with Gasteiger partial charge in [-0.2, -0.15) is 0 Å². The number of rotatable bonds is 1. The third-order valence-corrected chi connectivity index (χ3v) is 3.53. The van der Waals surface area contributed by atoms with Crippen molar-refractivity contribution in [2.24, 2.45) is 11.8 Å². The number of nitrogens with zero attached hydrogens (tertiary/aromatic N) is 1. The van der Waals surface area contributed by atoms with E-state index in [0.717, 1.165) is 25.4 Å². The lowest BCUT2D eigenvalue weighted by atomic mass is 9.89. The van der Waals surface area contributed by atoms with Crippen LogP contribution in [0, 0.1) is 11.8 Å². The molecule has 0 aromatic heterocycles. The molecule has 2 atom stereocenters. The molecular formula is C11H20N2O. The number of carbonyl (C=O) groups excluding carboxylic acids is 1. The molecule has 0 radical (unpaired) electrons. The number of carbonyl (C=O) groups is 1. The molecule has 2 aliphatic rings. The molecule has 0 bridgehead atoms. The van der Waals surface area contributed by atoms with Crippen molar-refractivity contribution in [1.29, 1.82) is 0 Å². The van der Waals surface area contributed by atoms with Crippen LogP contribution in [0.15, 0.2) is 0 Å². The van der Waals surface area contributed by atoms with Gasteiger partial charge in [-0.25, -0.2) is 4.79 Å². The van der Waals surface area contributed by atoms with E-state index in [9.17, 15) is 4.79 Å². The average Bonchev–Trinajstić information content (AvgIpc) is 2.93. The van der Waals surface area contributed by atoms with E-state index in [1.54, 1.807) is 0 Å². The molecule has 1 heterocycles. The first-order chi connectivity index (χ1) is 6.66. The Kier molecular flexibility index (Phi) is 2.66. The summed E-state index contributed by atoms with van der Waals surface area (Å²) in [6.45, 7) is 6.38. The third-order valence-electron chi connectivity index (χ3n) is 3.53. The monoisotopic (exact) mass is 196 g/mol. The van der Waals surface area contributed by atoms with Crippen LogP contribution >= 0.6 is 0 Å². The Balaban J connectivity index is 1.82. The van der Waals surface area contributed by atoms with Crippen molar-refractivity contribution in [3.05, 3.63) is 0 Å². The van der Waals surface area contributed by atoms with E-state index in [-0.39, 0.29) is 6.03 Å². The van der Waals surface area contributed by atoms with Crippen molar-refractivity contribution >= 4 is 6.03 Å². The van der Waals surface area contributed by atoms with Crippen molar-refractivity contribution in [3.63, 3.8) is 0 Å². The van der Waals surface area contributed by atoms with Gasteiger partial charge in [0.25, 0.3) is 0 Å². The Hall–Kier alpha value is -0.730. The molecule has 2 unspecified atom stereocenters. The lowest BCUT2D eigenvalue weighted by molar-refractivity contribution is 0.144. The largest absolute Gasteiger partial charge is 0.335 e. The highest BCUT2D eigenvalue weighted by molar-refractivity contribution is 5.75. The highest BCUT2D eigenvalue weighted by atomic mass is 16.2. The molecule has 1 saturated heterocycles. The van der Waals surface area contributed by atoms with Gasteiger partial charge >= 0.3 is 6.03 Å². The maximum Gasteiger partial charge on any atom is 0.317 e. The number of nitrogens with one attached hydrogen (secondary N) is 1. The van der Waals surface area contributed by atoms with Gasteiger partial charge in [-0.1, -0.05) is 13.8 Å². The minimum Gasteiger partial charge on any atom is -0.335 e. The second-order valence-corrected chi connectivity index (χ2v) is 4.91. The fourth-order valence-corrected chi connectivity index (χ4v) is 1.94. The van der Waals surface area contributed by atoms with Gasteiger partial charge in [0.05, 0.1) is 0 Å². The van der Waals surface area contributed by atoms with Crippen molar-refractivity contribution in [2.45, 2.75) is 39.2 Å². The summed E-state index contributed by atoms with van der Waals surface area (Å²) >= 11 is 0. The summed E-state index contributed by atoms with van der Waals surface area (Å²) in [4.78, 5) is 13.7. The number of hydrogen-bond acceptors (Lipinski definition) is 1. The second-order valence-electron chi connectivity index (χ2n) is 4.91. The van der Waals surface area contributed by atoms with E-state index in [1.807, 2.05) is 4.90 Å². The van der Waals surface area contributed by atoms with Gasteiger partial charge in [-0.05, 0) is 31.1 Å². The summed E-state index contributed by atoms with van der Waals surface area (Å²) < 4.78 is 0. The Bertz CT molecular complexity index is 225. The molecule has 80 valence electrons. The Morgan fingerprint density at radius 2 is 1.93 bits per heavy atom. The second kappa shape index (κ2) is 3.79. The van der Waals surface area contributed by atoms with Gasteiger partial charge in [0.15, 0.2) is 0 Å². The fourth-order valence-electron chi connectivity index (χ4n) is 1.94. The molecule has 3 nitrogen and oxygen atoms in total. The van der Waals surface area contributed by atoms with Crippen LogP contribution in [0.1, 0.15) is 33.1 Å². The number of likely N-dealkylation sites (tertiary alicyclic amines) is 1. The lowest BCUT2D eigenvalue weighted by Gasteiger charge is -2.35. The quantitative estimate of drug-likeness (QED) is 0.682. The van der Waals surface area contributed by atoms with Gasteiger partial charge in [0, 0.05) is 19.1 Å². The predicted molar refractivity (Wildman–Crippen MR) is 56.1 cm³/mol. The van der Waals surface area contributed by atoms with E-state index in [4.69, 9.17) is 0 Å². The predicted octanol–water partition coefficient (Wildman–Crippen LogP) is 1.84. The van der Waals surface area contributed by atoms with Crippen LogP contribution in [-0.4, -0.2) is 30.1 Å². The average molecular weight is 196 g/mol. The van der Waals surface area contributed by atoms with E-state index in [2.05, 4.69) is 19.2 Å². The zero-order valence-corrected chi connectivity index (χ0v) is 9.12. The molecule has 14 heavy (non-hydrogen) atoms. The molecule has 1 aliphatic heterocycles. The molecular weight excluding hydrogens is 176 g/mol. The van der Waals surface area contributed by atoms with Gasteiger partial charge in [0.2, 0.25) is 0 Å². The molecule has 0 spiro atoms. The van der Waals surface area contributed by atoms with Crippen molar-refractivity contribution in [3.8, 4) is 0 Å². The highest BCUT2D eigenvalue weighted by Crippen LogP contribution is 2.24. The van der Waals surface area contributed by atoms with Crippen LogP contribution in [0.2, 0.25) is 0 Å². The molecule has 1 aliphatic carbocycles. The standard InChI is InChI=1S/C11H20N2O/c1-8-5-6-13(7-9(8)2)11(14)12-10-3-4-10/h8-10H,3-7H2,1-2H3,(H,12,14). The highest BCUT2D eigenvalue weighted by Gasteiger charge is 2.29. The zero-order valence-electron chi connectivity index (χ0n) is 9.12. The minimum absolute atomic E-state index is 0.159. The molecule has 2 amide bonds. The zero-order chi connectivity index (χ0) is 10.1. The lowest BCUT2D eigenvalue weighted by Crippen LogP contribution is -2.47. The van der Waals surface area contributed by atoms with Crippen LogP contribution in [0.3, 0.4) is 0 Å². The molecule has 2 rings (SSSR count). The van der Waals surface area contributed by atoms with Crippen molar-refractivity contribution in [1.82, 2.24) is 10.2 Å². The number of amides is 2. The summed E-state index contributed by atoms with van der Waals surface area (Å²) in [7, 11) is 0. The van der Waals surface area contributed by atoms with E-state index < -0.39 is 0 Å². The van der Waals surface area contributed by atoms with Crippen LogP contribution in [-0.2, 0) is 0 Å². The maximum atomic E-state index is 11.7. The molecule has 1 N–H and O–H groups in total. The molecule has 3 heteroatoms. The van der Waals surface area contributed by atoms with Gasteiger partial charge in [-0.3, -0.25) is 0 Å². The summed E-state index contributed by atoms with van der Waals surface area (Å²) in [5.74, 6) is 1.41. The van der Waals surface area contributed by atoms with Crippen molar-refractivity contribution in [2.75, 3.05) is 13.1 Å². The first kappa shape index (κ1) is 9.81. The van der Waals surface area contributed by atoms with Crippen molar-refractivity contribution < 1.29 is 4.79 Å². The fraction of sp³-hybridized carbons (Fsp3) is 0.909. The van der Waals surface area contributed by atoms with Gasteiger partial charge < -0.3 is 10.2 Å². The Labute approximate surface area is 85.8 Å². The topological polar surface area (TPSA) is 32.3 Å². The molecule has 0 aromatic carbocycles. The van der Waals surface area contributed by atoms with Crippen LogP contribution in [0.25, 0.3) is 0 Å². The van der Waals surface area contributed by atoms with Crippen LogP contribution in [0.5, 0.6) is 0 Å². The minimum atomic E-state index is 0.159. The summed E-state index contributed by atoms with van der Waals surface area (Å²) in [6, 6.07) is 0.642. The summed E-state index contributed by atoms with van der Waals surface area (Å²) in [5, 5.41) is 3.05. The SMILES string of the molecule is CC1CCN(C(=O)NC2CC2)CC1C. The number of piperidine rings is 1. The third kappa shape index (κ3) is 2.20. The Morgan fingerprint density at radius 1 is 1.21 bits per heavy atom. The van der Waals surface area contributed by atoms with Crippen LogP contribution < -0.4 is 5.32 Å². The van der Waals surface area contributed by atoms with E-state index in [1.165, 1.54) is 12.8 Å². The smallest absolute Gasteiger partial charge is 0.317 e.